The molecular formula is C49H32. The average Bonchev–Trinajstić information content (AvgIpc) is 3.16. The SMILES string of the molecule is Cc1ccc(-c2ccc3c(-c4cc5ccccc5c5ccccc45)c4ccccc4c(-c4ccc5c(ccc6ccccc65)c4)c3c2)cc1. The number of benzene rings is 10. The second-order valence-electron chi connectivity index (χ2n) is 13.3. The van der Waals surface area contributed by atoms with Gasteiger partial charge in [0.05, 0.1) is 0 Å². The molecule has 0 saturated carbocycles. The van der Waals surface area contributed by atoms with Gasteiger partial charge in [-0.15, -0.1) is 0 Å². The summed E-state index contributed by atoms with van der Waals surface area (Å²) in [5.41, 5.74) is 8.81. The summed E-state index contributed by atoms with van der Waals surface area (Å²) >= 11 is 0. The fraction of sp³-hybridized carbons (Fsp3) is 0.0204. The molecule has 49 heavy (non-hydrogen) atoms. The van der Waals surface area contributed by atoms with Crippen LogP contribution in [0.15, 0.2) is 176 Å². The molecule has 0 fully saturated rings. The zero-order valence-corrected chi connectivity index (χ0v) is 27.2. The molecule has 0 amide bonds. The average molecular weight is 621 g/mol. The van der Waals surface area contributed by atoms with E-state index in [4.69, 9.17) is 0 Å². The van der Waals surface area contributed by atoms with Crippen molar-refractivity contribution < 1.29 is 0 Å². The molecule has 0 aliphatic carbocycles. The molecule has 0 aliphatic heterocycles. The molecule has 0 unspecified atom stereocenters. The minimum atomic E-state index is 1.23. The van der Waals surface area contributed by atoms with Crippen molar-refractivity contribution in [3.63, 3.8) is 0 Å². The van der Waals surface area contributed by atoms with Crippen molar-refractivity contribution >= 4 is 64.6 Å². The number of fused-ring (bicyclic) bond motifs is 8. The Hall–Kier alpha value is -6.24. The zero-order valence-electron chi connectivity index (χ0n) is 27.2. The topological polar surface area (TPSA) is 0 Å². The van der Waals surface area contributed by atoms with Gasteiger partial charge in [0, 0.05) is 0 Å². The molecule has 10 aromatic rings. The molecule has 0 heterocycles. The highest BCUT2D eigenvalue weighted by Gasteiger charge is 2.20. The van der Waals surface area contributed by atoms with Crippen LogP contribution in [0.25, 0.3) is 98.0 Å². The van der Waals surface area contributed by atoms with Gasteiger partial charge in [-0.1, -0.05) is 163 Å². The van der Waals surface area contributed by atoms with Gasteiger partial charge in [-0.2, -0.15) is 0 Å². The summed E-state index contributed by atoms with van der Waals surface area (Å²) in [6.07, 6.45) is 0. The van der Waals surface area contributed by atoms with Gasteiger partial charge < -0.3 is 0 Å². The van der Waals surface area contributed by atoms with E-state index >= 15 is 0 Å². The van der Waals surface area contributed by atoms with E-state index in [1.54, 1.807) is 0 Å². The molecule has 0 aliphatic rings. The summed E-state index contributed by atoms with van der Waals surface area (Å²) in [6.45, 7) is 2.15. The minimum Gasteiger partial charge on any atom is -0.0616 e. The van der Waals surface area contributed by atoms with Crippen molar-refractivity contribution in [1.29, 1.82) is 0 Å². The normalized spacial score (nSPS) is 11.8. The molecular weight excluding hydrogens is 589 g/mol. The Morgan fingerprint density at radius 2 is 0.755 bits per heavy atom. The molecule has 10 rings (SSSR count). The quantitative estimate of drug-likeness (QED) is 0.136. The van der Waals surface area contributed by atoms with Crippen LogP contribution in [0.1, 0.15) is 5.56 Å². The van der Waals surface area contributed by atoms with Crippen LogP contribution in [0.2, 0.25) is 0 Å². The van der Waals surface area contributed by atoms with Crippen LogP contribution < -0.4 is 0 Å². The molecule has 0 heteroatoms. The summed E-state index contributed by atoms with van der Waals surface area (Å²) in [4.78, 5) is 0. The lowest BCUT2D eigenvalue weighted by atomic mass is 9.82. The predicted octanol–water partition coefficient (Wildman–Crippen LogP) is 13.9. The van der Waals surface area contributed by atoms with E-state index in [2.05, 4.69) is 183 Å². The lowest BCUT2D eigenvalue weighted by molar-refractivity contribution is 1.47. The molecule has 10 aromatic carbocycles. The third kappa shape index (κ3) is 4.38. The summed E-state index contributed by atoms with van der Waals surface area (Å²) in [7, 11) is 0. The third-order valence-electron chi connectivity index (χ3n) is 10.5. The van der Waals surface area contributed by atoms with Crippen molar-refractivity contribution in [2.24, 2.45) is 0 Å². The third-order valence-corrected chi connectivity index (χ3v) is 10.5. The number of aryl methyl sites for hydroxylation is 1. The van der Waals surface area contributed by atoms with Gasteiger partial charge in [0.25, 0.3) is 0 Å². The second-order valence-corrected chi connectivity index (χ2v) is 13.3. The fourth-order valence-corrected chi connectivity index (χ4v) is 8.13. The van der Waals surface area contributed by atoms with Crippen LogP contribution >= 0.6 is 0 Å². The van der Waals surface area contributed by atoms with E-state index in [0.29, 0.717) is 0 Å². The van der Waals surface area contributed by atoms with Crippen LogP contribution in [0.4, 0.5) is 0 Å². The predicted molar refractivity (Wildman–Crippen MR) is 213 cm³/mol. The first-order valence-electron chi connectivity index (χ1n) is 17.1. The van der Waals surface area contributed by atoms with Gasteiger partial charge in [-0.3, -0.25) is 0 Å². The van der Waals surface area contributed by atoms with E-state index in [1.165, 1.54) is 104 Å². The van der Waals surface area contributed by atoms with Crippen molar-refractivity contribution in [3.05, 3.63) is 181 Å². The molecule has 0 saturated heterocycles. The Morgan fingerprint density at radius 1 is 0.265 bits per heavy atom. The van der Waals surface area contributed by atoms with Gasteiger partial charge in [-0.25, -0.2) is 0 Å². The first-order chi connectivity index (χ1) is 24.2. The molecule has 228 valence electrons. The molecule has 0 N–H and O–H groups in total. The van der Waals surface area contributed by atoms with Crippen molar-refractivity contribution in [2.45, 2.75) is 6.92 Å². The molecule has 0 spiro atoms. The Labute approximate surface area is 285 Å². The van der Waals surface area contributed by atoms with Crippen LogP contribution in [0, 0.1) is 6.92 Å². The number of rotatable bonds is 3. The van der Waals surface area contributed by atoms with Gasteiger partial charge in [0.15, 0.2) is 0 Å². The monoisotopic (exact) mass is 620 g/mol. The Balaban J connectivity index is 1.35. The van der Waals surface area contributed by atoms with Crippen molar-refractivity contribution in [2.75, 3.05) is 0 Å². The lowest BCUT2D eigenvalue weighted by Crippen LogP contribution is -1.93. The smallest absolute Gasteiger partial charge is 0.00199 e. The first kappa shape index (κ1) is 27.8. The summed E-state index contributed by atoms with van der Waals surface area (Å²) in [6, 6.07) is 65.4. The molecule has 0 radical (unpaired) electrons. The van der Waals surface area contributed by atoms with E-state index < -0.39 is 0 Å². The number of hydrogen-bond donors (Lipinski definition) is 0. The highest BCUT2D eigenvalue weighted by atomic mass is 14.2. The minimum absolute atomic E-state index is 1.23. The largest absolute Gasteiger partial charge is 0.0616 e. The Bertz CT molecular complexity index is 2930. The van der Waals surface area contributed by atoms with E-state index in [0.717, 1.165) is 0 Å². The van der Waals surface area contributed by atoms with Gasteiger partial charge in [0.1, 0.15) is 0 Å². The zero-order chi connectivity index (χ0) is 32.5. The molecule has 0 bridgehead atoms. The maximum atomic E-state index is 2.43. The van der Waals surface area contributed by atoms with Gasteiger partial charge >= 0.3 is 0 Å². The van der Waals surface area contributed by atoms with Crippen molar-refractivity contribution in [3.8, 4) is 33.4 Å². The second kappa shape index (κ2) is 10.9. The standard InChI is InChI=1S/C49H32/c1-31-18-20-32(21-19-31)34-24-27-45-47(29-34)48(37-25-26-40-36(28-37)23-22-33-10-2-4-12-38(33)40)43-16-8-9-17-44(43)49(45)46-30-35-11-3-5-13-39(35)41-14-6-7-15-42(41)46/h2-30H,1H3. The molecule has 0 aromatic heterocycles. The summed E-state index contributed by atoms with van der Waals surface area (Å²) < 4.78 is 0. The van der Waals surface area contributed by atoms with Crippen LogP contribution in [-0.4, -0.2) is 0 Å². The highest BCUT2D eigenvalue weighted by molar-refractivity contribution is 6.26. The van der Waals surface area contributed by atoms with E-state index in [1.807, 2.05) is 0 Å². The van der Waals surface area contributed by atoms with Gasteiger partial charge in [-0.05, 0) is 123 Å². The highest BCUT2D eigenvalue weighted by Crippen LogP contribution is 2.48. The fourth-order valence-electron chi connectivity index (χ4n) is 8.13. The van der Waals surface area contributed by atoms with Crippen LogP contribution in [-0.2, 0) is 0 Å². The maximum Gasteiger partial charge on any atom is -0.00199 e. The van der Waals surface area contributed by atoms with Crippen LogP contribution in [0.5, 0.6) is 0 Å². The Kier molecular flexibility index (Phi) is 6.19. The molecule has 0 atom stereocenters. The summed E-state index contributed by atoms with van der Waals surface area (Å²) in [5, 5.41) is 15.3. The van der Waals surface area contributed by atoms with Gasteiger partial charge in [0.2, 0.25) is 0 Å². The van der Waals surface area contributed by atoms with Crippen LogP contribution in [0.3, 0.4) is 0 Å². The first-order valence-corrected chi connectivity index (χ1v) is 17.1. The Morgan fingerprint density at radius 3 is 1.53 bits per heavy atom. The lowest BCUT2D eigenvalue weighted by Gasteiger charge is -2.20. The van der Waals surface area contributed by atoms with E-state index in [-0.39, 0.29) is 0 Å². The van der Waals surface area contributed by atoms with E-state index in [9.17, 15) is 0 Å². The van der Waals surface area contributed by atoms with Crippen molar-refractivity contribution in [1.82, 2.24) is 0 Å². The maximum absolute atomic E-state index is 2.43. The number of hydrogen-bond acceptors (Lipinski definition) is 0. The summed E-state index contributed by atoms with van der Waals surface area (Å²) in [5.74, 6) is 0. The molecule has 0 nitrogen and oxygen atoms in total.